The predicted octanol–water partition coefficient (Wildman–Crippen LogP) is 3.01. The third-order valence-corrected chi connectivity index (χ3v) is 4.37. The second kappa shape index (κ2) is 3.33. The predicted molar refractivity (Wildman–Crippen MR) is 50.8 cm³/mol. The Morgan fingerprint density at radius 1 is 1.20 bits per heavy atom. The van der Waals surface area contributed by atoms with E-state index < -0.39 is 25.2 Å². The average molecular weight is 240 g/mol. The Morgan fingerprint density at radius 2 is 1.73 bits per heavy atom. The quantitative estimate of drug-likeness (QED) is 0.638. The minimum atomic E-state index is -4.19. The van der Waals surface area contributed by atoms with E-state index in [1.807, 2.05) is 5.10 Å². The molecule has 1 aromatic rings. The number of nitrogens with zero attached hydrogens (tertiary/aromatic N) is 1. The number of aromatic nitrogens is 2. The van der Waals surface area contributed by atoms with Gasteiger partial charge in [-0.25, -0.2) is 8.78 Å². The van der Waals surface area contributed by atoms with Crippen molar-refractivity contribution < 1.29 is 17.6 Å². The van der Waals surface area contributed by atoms with Crippen LogP contribution in [0, 0.1) is 0 Å². The van der Waals surface area contributed by atoms with Crippen molar-refractivity contribution in [1.29, 1.82) is 0 Å². The summed E-state index contributed by atoms with van der Waals surface area (Å²) in [4.78, 5) is 0. The van der Waals surface area contributed by atoms with Crippen molar-refractivity contribution in [2.75, 3.05) is 0 Å². The van der Waals surface area contributed by atoms with E-state index in [1.165, 1.54) is 19.6 Å². The van der Waals surface area contributed by atoms with Crippen molar-refractivity contribution in [3.05, 3.63) is 18.0 Å². The number of alkyl halides is 4. The van der Waals surface area contributed by atoms with Gasteiger partial charge in [-0.15, -0.1) is 0 Å². The maximum absolute atomic E-state index is 13.5. The molecule has 0 atom stereocenters. The molecule has 1 rings (SSSR count). The van der Waals surface area contributed by atoms with Crippen LogP contribution in [0.1, 0.15) is 5.69 Å². The summed E-state index contributed by atoms with van der Waals surface area (Å²) in [5, 5.41) is 5.16. The first kappa shape index (κ1) is 12.2. The molecule has 0 spiro atoms. The molecule has 0 radical (unpaired) electrons. The van der Waals surface area contributed by atoms with E-state index in [4.69, 9.17) is 0 Å². The molecule has 0 bridgehead atoms. The molecular weight excluding hydrogens is 228 g/mol. The highest BCUT2D eigenvalue weighted by Crippen LogP contribution is 2.47. The maximum atomic E-state index is 13.5. The molecule has 1 heterocycles. The topological polar surface area (TPSA) is 28.7 Å². The van der Waals surface area contributed by atoms with E-state index in [9.17, 15) is 17.6 Å². The Hall–Kier alpha value is -0.853. The van der Waals surface area contributed by atoms with Crippen LogP contribution in [0.4, 0.5) is 17.6 Å². The zero-order chi connectivity index (χ0) is 11.9. The second-order valence-electron chi connectivity index (χ2n) is 4.37. The van der Waals surface area contributed by atoms with Crippen LogP contribution in [0.2, 0.25) is 19.6 Å². The summed E-state index contributed by atoms with van der Waals surface area (Å²) in [6, 6.07) is 0.869. The van der Waals surface area contributed by atoms with Gasteiger partial charge in [-0.3, -0.25) is 5.10 Å². The largest absolute Gasteiger partial charge is 0.347 e. The van der Waals surface area contributed by atoms with Gasteiger partial charge in [0.15, 0.2) is 0 Å². The molecule has 7 heteroatoms. The zero-order valence-corrected chi connectivity index (χ0v) is 9.61. The molecular formula is C8H12F4N2Si. The molecule has 0 unspecified atom stereocenters. The van der Waals surface area contributed by atoms with Gasteiger partial charge in [-0.05, 0) is 6.07 Å². The normalized spacial score (nSPS) is 14.3. The van der Waals surface area contributed by atoms with Crippen LogP contribution in [0.15, 0.2) is 12.3 Å². The van der Waals surface area contributed by atoms with Crippen molar-refractivity contribution in [2.24, 2.45) is 0 Å². The van der Waals surface area contributed by atoms with Crippen molar-refractivity contribution in [1.82, 2.24) is 10.2 Å². The van der Waals surface area contributed by atoms with Gasteiger partial charge < -0.3 is 0 Å². The number of halogens is 4. The molecule has 0 saturated heterocycles. The Labute approximate surface area is 85.7 Å². The van der Waals surface area contributed by atoms with E-state index in [2.05, 4.69) is 5.10 Å². The molecule has 1 aromatic heterocycles. The van der Waals surface area contributed by atoms with Crippen LogP contribution in [0.5, 0.6) is 0 Å². The molecule has 0 amide bonds. The molecule has 0 aliphatic heterocycles. The van der Waals surface area contributed by atoms with Crippen LogP contribution < -0.4 is 0 Å². The number of H-pyrrole nitrogens is 1. The monoisotopic (exact) mass is 240 g/mol. The van der Waals surface area contributed by atoms with Crippen LogP contribution in [0.3, 0.4) is 0 Å². The summed E-state index contributed by atoms with van der Waals surface area (Å²) in [6.45, 7) is 3.62. The maximum Gasteiger partial charge on any atom is 0.347 e. The molecule has 0 fully saturated rings. The highest BCUT2D eigenvalue weighted by molar-refractivity contribution is 6.78. The van der Waals surface area contributed by atoms with Crippen LogP contribution in [-0.4, -0.2) is 23.8 Å². The van der Waals surface area contributed by atoms with Crippen molar-refractivity contribution >= 4 is 8.07 Å². The third-order valence-electron chi connectivity index (χ3n) is 2.18. The van der Waals surface area contributed by atoms with E-state index in [0.717, 1.165) is 12.3 Å². The number of rotatable bonds is 3. The average Bonchev–Trinajstić information content (AvgIpc) is 2.53. The van der Waals surface area contributed by atoms with Gasteiger partial charge in [-0.2, -0.15) is 13.9 Å². The Kier molecular flexibility index (Phi) is 2.71. The fourth-order valence-corrected chi connectivity index (χ4v) is 2.15. The van der Waals surface area contributed by atoms with E-state index in [1.54, 1.807) is 0 Å². The summed E-state index contributed by atoms with van der Waals surface area (Å²) < 4.78 is 54.0. The first-order valence-corrected chi connectivity index (χ1v) is 7.86. The van der Waals surface area contributed by atoms with Gasteiger partial charge in [0.2, 0.25) is 0 Å². The lowest BCUT2D eigenvalue weighted by Gasteiger charge is -2.34. The zero-order valence-electron chi connectivity index (χ0n) is 8.61. The van der Waals surface area contributed by atoms with Gasteiger partial charge in [0.25, 0.3) is 5.55 Å². The molecule has 86 valence electrons. The van der Waals surface area contributed by atoms with Crippen LogP contribution in [0.25, 0.3) is 0 Å². The van der Waals surface area contributed by atoms with Gasteiger partial charge in [0.05, 0.1) is 0 Å². The summed E-state index contributed by atoms with van der Waals surface area (Å²) in [7, 11) is -3.31. The first-order chi connectivity index (χ1) is 6.61. The van der Waals surface area contributed by atoms with E-state index in [-0.39, 0.29) is 0 Å². The van der Waals surface area contributed by atoms with Crippen molar-refractivity contribution in [3.8, 4) is 0 Å². The van der Waals surface area contributed by atoms with Gasteiger partial charge in [0, 0.05) is 6.20 Å². The molecule has 15 heavy (non-hydrogen) atoms. The highest BCUT2D eigenvalue weighted by Gasteiger charge is 2.65. The molecule has 2 nitrogen and oxygen atoms in total. The number of hydrogen-bond donors (Lipinski definition) is 1. The smallest absolute Gasteiger partial charge is 0.276 e. The highest BCUT2D eigenvalue weighted by atomic mass is 28.3. The van der Waals surface area contributed by atoms with Gasteiger partial charge in [-0.1, -0.05) is 19.6 Å². The fraction of sp³-hybridized carbons (Fsp3) is 0.625. The minimum absolute atomic E-state index is 0.838. The van der Waals surface area contributed by atoms with Crippen molar-refractivity contribution in [3.63, 3.8) is 0 Å². The lowest BCUT2D eigenvalue weighted by Crippen LogP contribution is -2.55. The third kappa shape index (κ3) is 1.80. The van der Waals surface area contributed by atoms with Gasteiger partial charge >= 0.3 is 5.92 Å². The lowest BCUT2D eigenvalue weighted by molar-refractivity contribution is -0.173. The lowest BCUT2D eigenvalue weighted by atomic mass is 10.2. The summed E-state index contributed by atoms with van der Waals surface area (Å²) in [5.41, 5.74) is -4.85. The van der Waals surface area contributed by atoms with Gasteiger partial charge in [0.1, 0.15) is 13.8 Å². The second-order valence-corrected chi connectivity index (χ2v) is 9.50. The Balaban J connectivity index is 3.17. The summed E-state index contributed by atoms with van der Waals surface area (Å²) in [6.07, 6.45) is 1.03. The molecule has 0 aliphatic carbocycles. The minimum Gasteiger partial charge on any atom is -0.276 e. The van der Waals surface area contributed by atoms with Crippen LogP contribution >= 0.6 is 0 Å². The number of aromatic amines is 1. The Bertz CT molecular complexity index is 329. The number of nitrogens with one attached hydrogen (secondary N) is 1. The molecule has 0 aliphatic rings. The summed E-state index contributed by atoms with van der Waals surface area (Å²) >= 11 is 0. The number of hydrogen-bond acceptors (Lipinski definition) is 1. The van der Waals surface area contributed by atoms with E-state index >= 15 is 0 Å². The molecule has 0 saturated carbocycles. The SMILES string of the molecule is C[Si](C)(C)C(F)(F)C(F)(F)c1ccn[nH]1. The summed E-state index contributed by atoms with van der Waals surface area (Å²) in [5.74, 6) is -4.19. The molecule has 1 N–H and O–H groups in total. The molecule has 0 aromatic carbocycles. The standard InChI is InChI=1S/C8H12F4N2Si/c1-15(2,3)8(11,12)7(9,10)6-4-5-13-14-6/h4-5H,1-3H3,(H,13,14). The van der Waals surface area contributed by atoms with E-state index in [0.29, 0.717) is 0 Å². The van der Waals surface area contributed by atoms with Crippen LogP contribution in [-0.2, 0) is 5.92 Å². The van der Waals surface area contributed by atoms with Crippen molar-refractivity contribution in [2.45, 2.75) is 31.1 Å². The Morgan fingerprint density at radius 3 is 2.07 bits per heavy atom. The first-order valence-electron chi connectivity index (χ1n) is 4.36. The fourth-order valence-electron chi connectivity index (χ4n) is 1.07.